The van der Waals surface area contributed by atoms with E-state index in [0.29, 0.717) is 41.6 Å². The number of carbonyl (C=O) groups excluding carboxylic acids is 1. The van der Waals surface area contributed by atoms with Crippen LogP contribution in [0.1, 0.15) is 26.6 Å². The molecule has 4 rings (SSSR count). The Morgan fingerprint density at radius 1 is 1.17 bits per heavy atom. The first kappa shape index (κ1) is 26.2. The lowest BCUT2D eigenvalue weighted by Gasteiger charge is -2.20. The van der Waals surface area contributed by atoms with Crippen LogP contribution in [-0.2, 0) is 22.6 Å². The van der Waals surface area contributed by atoms with Crippen molar-refractivity contribution in [3.8, 4) is 0 Å². The summed E-state index contributed by atoms with van der Waals surface area (Å²) >= 11 is 0. The highest BCUT2D eigenvalue weighted by Gasteiger charge is 2.24. The number of fused-ring (bicyclic) bond motifs is 3. The molecule has 4 aromatic rings. The quantitative estimate of drug-likeness (QED) is 0.199. The predicted molar refractivity (Wildman–Crippen MR) is 144 cm³/mol. The number of hydrogen-bond donors (Lipinski definition) is 2. The van der Waals surface area contributed by atoms with E-state index >= 15 is 0 Å². The summed E-state index contributed by atoms with van der Waals surface area (Å²) in [6.45, 7) is 6.73. The van der Waals surface area contributed by atoms with Crippen LogP contribution in [0.2, 0.25) is 0 Å². The Balaban J connectivity index is 1.55. The molecule has 0 atom stereocenters. The number of rotatable bonds is 11. The maximum Gasteiger partial charge on any atom is 0.412 e. The van der Waals surface area contributed by atoms with Crippen molar-refractivity contribution in [1.29, 1.82) is 0 Å². The summed E-state index contributed by atoms with van der Waals surface area (Å²) in [5.41, 5.74) is 0.999. The normalized spacial score (nSPS) is 11.8. The third-order valence-corrected chi connectivity index (χ3v) is 7.27. The van der Waals surface area contributed by atoms with Crippen LogP contribution in [0.15, 0.2) is 53.7 Å². The average molecular weight is 528 g/mol. The molecule has 0 fully saturated rings. The zero-order valence-electron chi connectivity index (χ0n) is 20.4. The number of amides is 1. The van der Waals surface area contributed by atoms with Crippen LogP contribution < -0.4 is 5.32 Å². The van der Waals surface area contributed by atoms with Gasteiger partial charge in [0, 0.05) is 23.9 Å². The number of carbonyl (C=O) groups is 1. The second-order valence-corrected chi connectivity index (χ2v) is 11.0. The highest BCUT2D eigenvalue weighted by atomic mass is 33.1. The van der Waals surface area contributed by atoms with E-state index in [2.05, 4.69) is 15.3 Å². The average Bonchev–Trinajstić information content (AvgIpc) is 3.20. The first-order valence-corrected chi connectivity index (χ1v) is 13.9. The number of aliphatic hydroxyl groups is 1. The highest BCUT2D eigenvalue weighted by Crippen LogP contribution is 2.32. The molecule has 3 heterocycles. The van der Waals surface area contributed by atoms with Gasteiger partial charge >= 0.3 is 6.09 Å². The molecule has 190 valence electrons. The number of imidazole rings is 1. The van der Waals surface area contributed by atoms with Crippen LogP contribution >= 0.6 is 21.6 Å². The van der Waals surface area contributed by atoms with Crippen LogP contribution in [0.3, 0.4) is 0 Å². The predicted octanol–water partition coefficient (Wildman–Crippen LogP) is 5.28. The number of nitrogens with one attached hydrogen (secondary N) is 1. The molecule has 0 aliphatic heterocycles. The monoisotopic (exact) mass is 527 g/mol. The first-order chi connectivity index (χ1) is 17.4. The topological polar surface area (TPSA) is 111 Å². The van der Waals surface area contributed by atoms with Crippen LogP contribution in [-0.4, -0.2) is 55.3 Å². The molecule has 0 aliphatic rings. The van der Waals surface area contributed by atoms with Gasteiger partial charge in [-0.2, -0.15) is 0 Å². The van der Waals surface area contributed by atoms with Gasteiger partial charge in [0.15, 0.2) is 5.82 Å². The number of anilines is 1. The summed E-state index contributed by atoms with van der Waals surface area (Å²) in [5, 5.41) is 15.1. The van der Waals surface area contributed by atoms with E-state index in [1.54, 1.807) is 30.8 Å². The molecule has 36 heavy (non-hydrogen) atoms. The second-order valence-electron chi connectivity index (χ2n) is 8.57. The number of nitrogens with zero attached hydrogens (tertiary/aromatic N) is 4. The minimum atomic E-state index is -0.990. The summed E-state index contributed by atoms with van der Waals surface area (Å²) in [6, 6.07) is 13.4. The molecule has 0 unspecified atom stereocenters. The molecular formula is C25H29N5O4S2. The van der Waals surface area contributed by atoms with Crippen molar-refractivity contribution in [1.82, 2.24) is 19.5 Å². The van der Waals surface area contributed by atoms with Gasteiger partial charge in [0.1, 0.15) is 29.6 Å². The fraction of sp³-hybridized carbons (Fsp3) is 0.360. The van der Waals surface area contributed by atoms with E-state index in [1.807, 2.05) is 54.0 Å². The zero-order chi connectivity index (χ0) is 25.5. The third kappa shape index (κ3) is 6.67. The molecule has 1 aromatic carbocycles. The summed E-state index contributed by atoms with van der Waals surface area (Å²) < 4.78 is 13.0. The Morgan fingerprint density at radius 2 is 1.97 bits per heavy atom. The standard InChI is InChI=1S/C25H29N5O4S2/c1-4-33-15-19-28-21-22(30(19)16-25(2,3)32)17-9-5-6-10-18(17)27-23(21)29-24(31)34-13-14-35-36-20-11-7-8-12-26-20/h5-12,32H,4,13-16H2,1-3H3,(H,27,29,31). The molecule has 3 aromatic heterocycles. The maximum atomic E-state index is 12.6. The Bertz CT molecular complexity index is 1330. The van der Waals surface area contributed by atoms with Crippen molar-refractivity contribution in [3.63, 3.8) is 0 Å². The molecule has 1 amide bonds. The highest BCUT2D eigenvalue weighted by molar-refractivity contribution is 8.76. The molecule has 0 saturated carbocycles. The van der Waals surface area contributed by atoms with Crippen molar-refractivity contribution in [2.24, 2.45) is 0 Å². The molecular weight excluding hydrogens is 498 g/mol. The minimum Gasteiger partial charge on any atom is -0.448 e. The van der Waals surface area contributed by atoms with Gasteiger partial charge in [-0.15, -0.1) is 0 Å². The second kappa shape index (κ2) is 11.9. The van der Waals surface area contributed by atoms with Gasteiger partial charge < -0.3 is 19.1 Å². The third-order valence-electron chi connectivity index (χ3n) is 5.05. The molecule has 0 saturated heterocycles. The Morgan fingerprint density at radius 3 is 2.72 bits per heavy atom. The van der Waals surface area contributed by atoms with E-state index in [-0.39, 0.29) is 13.2 Å². The van der Waals surface area contributed by atoms with Crippen LogP contribution in [0, 0.1) is 0 Å². The van der Waals surface area contributed by atoms with Gasteiger partial charge in [-0.25, -0.2) is 19.7 Å². The first-order valence-electron chi connectivity index (χ1n) is 11.6. The lowest BCUT2D eigenvalue weighted by molar-refractivity contribution is 0.0582. The summed E-state index contributed by atoms with van der Waals surface area (Å²) in [6.07, 6.45) is 1.14. The Labute approximate surface area is 217 Å². The fourth-order valence-corrected chi connectivity index (χ4v) is 5.34. The molecule has 0 aliphatic carbocycles. The maximum absolute atomic E-state index is 12.6. The van der Waals surface area contributed by atoms with E-state index in [9.17, 15) is 9.90 Å². The molecule has 2 N–H and O–H groups in total. The Kier molecular flexibility index (Phi) is 8.68. The lowest BCUT2D eigenvalue weighted by Crippen LogP contribution is -2.27. The van der Waals surface area contributed by atoms with Gasteiger partial charge in [0.25, 0.3) is 0 Å². The summed E-state index contributed by atoms with van der Waals surface area (Å²) in [5.74, 6) is 1.55. The van der Waals surface area contributed by atoms with E-state index in [1.165, 1.54) is 10.8 Å². The lowest BCUT2D eigenvalue weighted by atomic mass is 10.1. The fourth-order valence-electron chi connectivity index (χ4n) is 3.63. The van der Waals surface area contributed by atoms with Gasteiger partial charge in [0.2, 0.25) is 0 Å². The molecule has 11 heteroatoms. The molecule has 0 spiro atoms. The smallest absolute Gasteiger partial charge is 0.412 e. The van der Waals surface area contributed by atoms with E-state index in [0.717, 1.165) is 15.9 Å². The summed E-state index contributed by atoms with van der Waals surface area (Å²) in [7, 11) is 3.09. The van der Waals surface area contributed by atoms with Crippen LogP contribution in [0.5, 0.6) is 0 Å². The van der Waals surface area contributed by atoms with E-state index < -0.39 is 11.7 Å². The molecule has 9 nitrogen and oxygen atoms in total. The van der Waals surface area contributed by atoms with Gasteiger partial charge in [-0.1, -0.05) is 35.1 Å². The Hall–Kier alpha value is -2.86. The van der Waals surface area contributed by atoms with E-state index in [4.69, 9.17) is 14.5 Å². The number of hydrogen-bond acceptors (Lipinski definition) is 9. The number of benzene rings is 1. The number of pyridine rings is 2. The summed E-state index contributed by atoms with van der Waals surface area (Å²) in [4.78, 5) is 26.3. The van der Waals surface area contributed by atoms with Crippen LogP contribution in [0.4, 0.5) is 10.6 Å². The van der Waals surface area contributed by atoms with Gasteiger partial charge in [-0.3, -0.25) is 5.32 Å². The molecule has 0 radical (unpaired) electrons. The SMILES string of the molecule is CCOCc1nc2c(NC(=O)OCCSSc3ccccn3)nc3ccccc3c2n1CC(C)(C)O. The van der Waals surface area contributed by atoms with Gasteiger partial charge in [-0.05, 0) is 49.8 Å². The molecule has 0 bridgehead atoms. The van der Waals surface area contributed by atoms with Gasteiger partial charge in [0.05, 0.1) is 23.2 Å². The minimum absolute atomic E-state index is 0.232. The van der Waals surface area contributed by atoms with Crippen LogP contribution in [0.25, 0.3) is 21.9 Å². The van der Waals surface area contributed by atoms with Crippen molar-refractivity contribution in [2.45, 2.75) is 44.5 Å². The largest absolute Gasteiger partial charge is 0.448 e. The number of ether oxygens (including phenoxy) is 2. The zero-order valence-corrected chi connectivity index (χ0v) is 22.1. The van der Waals surface area contributed by atoms with Crippen molar-refractivity contribution >= 4 is 55.4 Å². The van der Waals surface area contributed by atoms with Crippen molar-refractivity contribution in [2.75, 3.05) is 24.3 Å². The van der Waals surface area contributed by atoms with Crippen molar-refractivity contribution < 1.29 is 19.4 Å². The number of para-hydroxylation sites is 1. The number of aromatic nitrogens is 4. The van der Waals surface area contributed by atoms with Crippen molar-refractivity contribution in [3.05, 3.63) is 54.5 Å².